The van der Waals surface area contributed by atoms with E-state index in [2.05, 4.69) is 0 Å². The standard InChI is InChI=1S/C45H50F2N2O14S4/c1-44(2)34-26-30(66(58,59)60)14-18-36(34)48(22-5-7-24-64(52,53)54)38(44)20-12-28-10-9-11-29(40(28)32-16-17-33(43(50)51)42(47)41(32)46)13-21-39-45(3,4)35-27-31(67(61,62)63)15-19-37(35)49(39)23-6-8-25-65(55,56)57/h12-21,26-27H,5-11,22-25H2,1-4H3,(H4-,50,51,52,53,54,55,56,57,58,59,60,61,62,63)/p+1. The van der Waals surface area contributed by atoms with Crippen LogP contribution in [0.4, 0.5) is 20.2 Å². The molecule has 6 rings (SSSR count). The maximum atomic E-state index is 16.3. The first-order chi connectivity index (χ1) is 30.9. The van der Waals surface area contributed by atoms with E-state index < -0.39 is 86.0 Å². The summed E-state index contributed by atoms with van der Waals surface area (Å²) in [6.45, 7) is 7.63. The highest BCUT2D eigenvalue weighted by molar-refractivity contribution is 7.86. The number of allylic oxidation sites excluding steroid dienone is 8. The number of unbranched alkanes of at least 4 members (excludes halogenated alkanes) is 2. The van der Waals surface area contributed by atoms with Crippen molar-refractivity contribution in [2.75, 3.05) is 29.5 Å². The molecule has 67 heavy (non-hydrogen) atoms. The number of aromatic carboxylic acids is 1. The van der Waals surface area contributed by atoms with Crippen molar-refractivity contribution in [2.45, 2.75) is 93.3 Å². The maximum absolute atomic E-state index is 16.3. The van der Waals surface area contributed by atoms with E-state index in [4.69, 9.17) is 0 Å². The Morgan fingerprint density at radius 2 is 1.31 bits per heavy atom. The lowest BCUT2D eigenvalue weighted by atomic mass is 9.79. The van der Waals surface area contributed by atoms with Crippen LogP contribution in [0.1, 0.15) is 99.7 Å². The first-order valence-electron chi connectivity index (χ1n) is 21.0. The molecule has 0 atom stereocenters. The van der Waals surface area contributed by atoms with Gasteiger partial charge in [-0.3, -0.25) is 18.2 Å². The van der Waals surface area contributed by atoms with Gasteiger partial charge in [-0.05, 0) is 117 Å². The van der Waals surface area contributed by atoms with Crippen LogP contribution in [0.2, 0.25) is 0 Å². The third-order valence-corrected chi connectivity index (χ3v) is 15.7. The fourth-order valence-corrected chi connectivity index (χ4v) is 11.2. The highest BCUT2D eigenvalue weighted by Gasteiger charge is 2.45. The van der Waals surface area contributed by atoms with Crippen LogP contribution in [0.5, 0.6) is 0 Å². The lowest BCUT2D eigenvalue weighted by molar-refractivity contribution is -0.438. The third-order valence-electron chi connectivity index (χ3n) is 12.4. The predicted molar refractivity (Wildman–Crippen MR) is 246 cm³/mol. The first kappa shape index (κ1) is 51.5. The van der Waals surface area contributed by atoms with E-state index in [1.807, 2.05) is 9.48 Å². The van der Waals surface area contributed by atoms with Crippen LogP contribution >= 0.6 is 0 Å². The van der Waals surface area contributed by atoms with Crippen LogP contribution in [0.15, 0.2) is 99.5 Å². The summed E-state index contributed by atoms with van der Waals surface area (Å²) in [6.07, 6.45) is 8.65. The lowest BCUT2D eigenvalue weighted by Gasteiger charge is -2.28. The number of carbonyl (C=O) groups is 1. The molecule has 0 radical (unpaired) electrons. The Morgan fingerprint density at radius 1 is 0.716 bits per heavy atom. The van der Waals surface area contributed by atoms with Gasteiger partial charge in [0.2, 0.25) is 5.69 Å². The Hall–Kier alpha value is -4.94. The summed E-state index contributed by atoms with van der Waals surface area (Å²) in [6, 6.07) is 10.3. The molecule has 0 fully saturated rings. The second-order valence-corrected chi connectivity index (χ2v) is 23.6. The molecule has 3 aliphatic rings. The molecule has 3 aromatic carbocycles. The lowest BCUT2D eigenvalue weighted by Crippen LogP contribution is -2.28. The van der Waals surface area contributed by atoms with E-state index in [9.17, 15) is 61.8 Å². The molecule has 0 aromatic heterocycles. The van der Waals surface area contributed by atoms with Gasteiger partial charge in [0, 0.05) is 53.0 Å². The zero-order chi connectivity index (χ0) is 49.7. The molecule has 0 unspecified atom stereocenters. The van der Waals surface area contributed by atoms with Crippen molar-refractivity contribution in [2.24, 2.45) is 0 Å². The minimum Gasteiger partial charge on any atom is -0.478 e. The monoisotopic (exact) mass is 1010 g/mol. The van der Waals surface area contributed by atoms with E-state index in [1.165, 1.54) is 42.5 Å². The number of rotatable bonds is 17. The highest BCUT2D eigenvalue weighted by atomic mass is 32.2. The van der Waals surface area contributed by atoms with Gasteiger partial charge in [0.1, 0.15) is 6.54 Å². The molecule has 0 amide bonds. The smallest absolute Gasteiger partial charge is 0.338 e. The summed E-state index contributed by atoms with van der Waals surface area (Å²) in [5, 5.41) is 9.62. The number of hydrogen-bond acceptors (Lipinski definition) is 10. The van der Waals surface area contributed by atoms with Gasteiger partial charge in [0.25, 0.3) is 40.5 Å². The Labute approximate surface area is 388 Å². The summed E-state index contributed by atoms with van der Waals surface area (Å²) in [5.74, 6) is -5.71. The second-order valence-electron chi connectivity index (χ2n) is 17.7. The Balaban J connectivity index is 1.54. The van der Waals surface area contributed by atoms with E-state index in [0.29, 0.717) is 64.3 Å². The van der Waals surface area contributed by atoms with Gasteiger partial charge >= 0.3 is 5.97 Å². The van der Waals surface area contributed by atoms with Gasteiger partial charge in [-0.25, -0.2) is 13.6 Å². The molecule has 5 N–H and O–H groups in total. The molecule has 3 aromatic rings. The van der Waals surface area contributed by atoms with E-state index in [0.717, 1.165) is 6.07 Å². The molecule has 1 aliphatic carbocycles. The largest absolute Gasteiger partial charge is 0.478 e. The minimum absolute atomic E-state index is 0.0763. The molecular weight excluding hydrogens is 959 g/mol. The van der Waals surface area contributed by atoms with Crippen molar-refractivity contribution >= 4 is 69.1 Å². The first-order valence-corrected chi connectivity index (χ1v) is 27.1. The molecular formula is C45H51F2N2O14S4+. The summed E-state index contributed by atoms with van der Waals surface area (Å²) < 4.78 is 167. The maximum Gasteiger partial charge on any atom is 0.338 e. The van der Waals surface area contributed by atoms with Crippen molar-refractivity contribution in [3.8, 4) is 0 Å². The van der Waals surface area contributed by atoms with Crippen molar-refractivity contribution in [3.05, 3.63) is 124 Å². The SMILES string of the molecule is CC1(C)C(/C=C/C2=C(c3ccc(C(=O)O)c(F)c3F)C(=C/C=C3/N(CCCCS(=O)(=O)O)c4ccc(S(=O)(=O)O)cc4C3(C)C)/CCC2)=[N+](CCCCS(=O)(=O)O)c2ccc(S(=O)(=O)O)cc21. The number of fused-ring (bicyclic) bond motifs is 2. The summed E-state index contributed by atoms with van der Waals surface area (Å²) in [5.41, 5.74) is 1.44. The van der Waals surface area contributed by atoms with Crippen molar-refractivity contribution in [1.29, 1.82) is 0 Å². The van der Waals surface area contributed by atoms with E-state index in [1.54, 1.807) is 52.0 Å². The van der Waals surface area contributed by atoms with Crippen LogP contribution in [-0.4, -0.2) is 97.8 Å². The average molecular weight is 1010 g/mol. The number of anilines is 1. The molecule has 16 nitrogen and oxygen atoms in total. The molecule has 2 heterocycles. The van der Waals surface area contributed by atoms with Gasteiger partial charge in [-0.2, -0.15) is 38.2 Å². The van der Waals surface area contributed by atoms with Gasteiger partial charge in [-0.1, -0.05) is 32.1 Å². The second kappa shape index (κ2) is 18.9. The molecule has 0 bridgehead atoms. The third kappa shape index (κ3) is 11.2. The van der Waals surface area contributed by atoms with Crippen LogP contribution < -0.4 is 4.90 Å². The van der Waals surface area contributed by atoms with Crippen molar-refractivity contribution in [1.82, 2.24) is 0 Å². The van der Waals surface area contributed by atoms with Gasteiger partial charge in [-0.15, -0.1) is 0 Å². The number of hydrogen-bond donors (Lipinski definition) is 5. The number of halogens is 2. The van der Waals surface area contributed by atoms with E-state index >= 15 is 8.78 Å². The quantitative estimate of drug-likeness (QED) is 0.0494. The van der Waals surface area contributed by atoms with Gasteiger partial charge in [0.05, 0.1) is 32.3 Å². The van der Waals surface area contributed by atoms with Crippen LogP contribution in [-0.2, 0) is 51.3 Å². The van der Waals surface area contributed by atoms with E-state index in [-0.39, 0.29) is 59.7 Å². The van der Waals surface area contributed by atoms with Gasteiger partial charge in [0.15, 0.2) is 17.3 Å². The molecule has 0 saturated heterocycles. The van der Waals surface area contributed by atoms with Crippen molar-refractivity contribution in [3.63, 3.8) is 0 Å². The van der Waals surface area contributed by atoms with Crippen LogP contribution in [0.3, 0.4) is 0 Å². The molecule has 2 aliphatic heterocycles. The van der Waals surface area contributed by atoms with Gasteiger partial charge < -0.3 is 10.0 Å². The number of benzene rings is 3. The zero-order valence-corrected chi connectivity index (χ0v) is 40.2. The highest BCUT2D eigenvalue weighted by Crippen LogP contribution is 2.49. The summed E-state index contributed by atoms with van der Waals surface area (Å²) >= 11 is 0. The summed E-state index contributed by atoms with van der Waals surface area (Å²) in [7, 11) is -17.8. The van der Waals surface area contributed by atoms with Crippen LogP contribution in [0.25, 0.3) is 5.57 Å². The Kier molecular flexibility index (Phi) is 14.5. The van der Waals surface area contributed by atoms with Crippen LogP contribution in [0, 0.1) is 11.6 Å². The molecule has 22 heteroatoms. The van der Waals surface area contributed by atoms with Crippen molar-refractivity contribution < 1.29 is 75.1 Å². The molecule has 0 spiro atoms. The zero-order valence-electron chi connectivity index (χ0n) is 36.9. The fraction of sp³-hybridized carbons (Fsp3) is 0.378. The number of nitrogens with zero attached hydrogens (tertiary/aromatic N) is 2. The number of carboxylic acids is 1. The fourth-order valence-electron chi connectivity index (χ4n) is 9.09. The summed E-state index contributed by atoms with van der Waals surface area (Å²) in [4.78, 5) is 13.0. The predicted octanol–water partition coefficient (Wildman–Crippen LogP) is 7.67. The Morgan fingerprint density at radius 3 is 1.91 bits per heavy atom. The number of carboxylic acid groups (broad SMARTS) is 1. The minimum atomic E-state index is -4.62. The topological polar surface area (TPSA) is 261 Å². The average Bonchev–Trinajstić information content (AvgIpc) is 3.56. The normalized spacial score (nSPS) is 18.7. The Bertz CT molecular complexity index is 3170. The molecule has 362 valence electrons. The molecule has 0 saturated carbocycles.